The molecule has 1 fully saturated rings. The topological polar surface area (TPSA) is 63.5 Å². The van der Waals surface area contributed by atoms with Gasteiger partial charge in [0.2, 0.25) is 5.91 Å². The van der Waals surface area contributed by atoms with Crippen molar-refractivity contribution in [2.45, 2.75) is 18.6 Å². The van der Waals surface area contributed by atoms with E-state index in [2.05, 4.69) is 46.3 Å². The Hall–Kier alpha value is -2.84. The number of anilines is 1. The minimum Gasteiger partial charge on any atom is -0.378 e. The molecule has 162 valence electrons. The Morgan fingerprint density at radius 3 is 2.65 bits per heavy atom. The number of benzene rings is 2. The zero-order valence-electron chi connectivity index (χ0n) is 17.9. The number of nitrogens with zero attached hydrogens (tertiary/aromatic N) is 5. The molecule has 1 saturated heterocycles. The Labute approximate surface area is 187 Å². The summed E-state index contributed by atoms with van der Waals surface area (Å²) in [7, 11) is 1.85. The molecule has 0 atom stereocenters. The number of hydrogen-bond acceptors (Lipinski definition) is 6. The van der Waals surface area contributed by atoms with Crippen LogP contribution in [-0.4, -0.2) is 64.7 Å². The van der Waals surface area contributed by atoms with Crippen LogP contribution in [0.15, 0.2) is 60.0 Å². The van der Waals surface area contributed by atoms with Crippen LogP contribution in [0.2, 0.25) is 0 Å². The maximum absolute atomic E-state index is 12.8. The van der Waals surface area contributed by atoms with Crippen LogP contribution < -0.4 is 4.90 Å². The van der Waals surface area contributed by atoms with Crippen molar-refractivity contribution >= 4 is 23.4 Å². The smallest absolute Gasteiger partial charge is 0.233 e. The lowest BCUT2D eigenvalue weighted by Gasteiger charge is -2.31. The van der Waals surface area contributed by atoms with E-state index in [0.29, 0.717) is 17.5 Å². The van der Waals surface area contributed by atoms with Crippen molar-refractivity contribution in [3.8, 4) is 5.69 Å². The van der Waals surface area contributed by atoms with Gasteiger partial charge in [0.25, 0.3) is 0 Å². The van der Waals surface area contributed by atoms with E-state index in [-0.39, 0.29) is 5.91 Å². The monoisotopic (exact) mass is 437 g/mol. The van der Waals surface area contributed by atoms with Gasteiger partial charge in [-0.3, -0.25) is 9.36 Å². The molecule has 2 heterocycles. The summed E-state index contributed by atoms with van der Waals surface area (Å²) in [5.41, 5.74) is 4.50. The summed E-state index contributed by atoms with van der Waals surface area (Å²) >= 11 is 1.40. The molecule has 0 radical (unpaired) electrons. The molecule has 4 rings (SSSR count). The van der Waals surface area contributed by atoms with Gasteiger partial charge in [0, 0.05) is 38.1 Å². The zero-order chi connectivity index (χ0) is 21.6. The first-order valence-electron chi connectivity index (χ1n) is 10.4. The number of para-hydroxylation sites is 1. The second-order valence-corrected chi connectivity index (χ2v) is 8.53. The van der Waals surface area contributed by atoms with Gasteiger partial charge < -0.3 is 14.5 Å². The molecule has 0 aliphatic carbocycles. The number of morpholine rings is 1. The summed E-state index contributed by atoms with van der Waals surface area (Å²) in [6, 6.07) is 16.4. The standard InChI is InChI=1S/C23H27N5O2S/c1-18-7-9-20(10-8-18)28-17-24-25-23(28)31-16-22(29)26(2)15-19-5-3-4-6-21(19)27-11-13-30-14-12-27/h3-10,17H,11-16H2,1-2H3. The van der Waals surface area contributed by atoms with E-state index in [4.69, 9.17) is 4.74 Å². The van der Waals surface area contributed by atoms with Crippen LogP contribution in [0, 0.1) is 6.92 Å². The van der Waals surface area contributed by atoms with Gasteiger partial charge in [0.15, 0.2) is 5.16 Å². The third kappa shape index (κ3) is 5.26. The Morgan fingerprint density at radius 1 is 1.13 bits per heavy atom. The van der Waals surface area contributed by atoms with Gasteiger partial charge in [-0.1, -0.05) is 47.7 Å². The molecule has 0 saturated carbocycles. The SMILES string of the molecule is Cc1ccc(-n2cnnc2SCC(=O)N(C)Cc2ccccc2N2CCOCC2)cc1. The zero-order valence-corrected chi connectivity index (χ0v) is 18.7. The van der Waals surface area contributed by atoms with Crippen molar-refractivity contribution in [3.05, 3.63) is 66.0 Å². The lowest BCUT2D eigenvalue weighted by Crippen LogP contribution is -2.37. The highest BCUT2D eigenvalue weighted by molar-refractivity contribution is 7.99. The van der Waals surface area contributed by atoms with Crippen molar-refractivity contribution in [2.24, 2.45) is 0 Å². The highest BCUT2D eigenvalue weighted by Crippen LogP contribution is 2.24. The van der Waals surface area contributed by atoms with Crippen molar-refractivity contribution in [3.63, 3.8) is 0 Å². The van der Waals surface area contributed by atoms with Crippen LogP contribution in [0.25, 0.3) is 5.69 Å². The molecule has 1 aromatic heterocycles. The fraction of sp³-hybridized carbons (Fsp3) is 0.348. The molecule has 1 aliphatic heterocycles. The molecule has 31 heavy (non-hydrogen) atoms. The average molecular weight is 438 g/mol. The molecule has 3 aromatic rings. The van der Waals surface area contributed by atoms with Crippen molar-refractivity contribution in [1.82, 2.24) is 19.7 Å². The number of hydrogen-bond donors (Lipinski definition) is 0. The van der Waals surface area contributed by atoms with Crippen LogP contribution in [0.5, 0.6) is 0 Å². The van der Waals surface area contributed by atoms with Crippen LogP contribution in [-0.2, 0) is 16.1 Å². The van der Waals surface area contributed by atoms with Gasteiger partial charge in [-0.15, -0.1) is 10.2 Å². The summed E-state index contributed by atoms with van der Waals surface area (Å²) in [6.45, 7) is 5.84. The molecule has 8 heteroatoms. The van der Waals surface area contributed by atoms with Crippen molar-refractivity contribution < 1.29 is 9.53 Å². The fourth-order valence-corrected chi connectivity index (χ4v) is 4.41. The van der Waals surface area contributed by atoms with E-state index in [0.717, 1.165) is 37.6 Å². The van der Waals surface area contributed by atoms with Gasteiger partial charge in [-0.2, -0.15) is 0 Å². The number of aromatic nitrogens is 3. The molecule has 0 unspecified atom stereocenters. The first kappa shape index (κ1) is 21.4. The largest absolute Gasteiger partial charge is 0.378 e. The highest BCUT2D eigenvalue weighted by Gasteiger charge is 2.18. The number of aryl methyl sites for hydroxylation is 1. The van der Waals surface area contributed by atoms with E-state index in [1.54, 1.807) is 11.2 Å². The molecule has 2 aromatic carbocycles. The van der Waals surface area contributed by atoms with Gasteiger partial charge in [0.1, 0.15) is 6.33 Å². The van der Waals surface area contributed by atoms with Crippen molar-refractivity contribution in [1.29, 1.82) is 0 Å². The van der Waals surface area contributed by atoms with E-state index in [9.17, 15) is 4.79 Å². The predicted octanol–water partition coefficient (Wildman–Crippen LogP) is 3.16. The number of thioether (sulfide) groups is 1. The minimum atomic E-state index is 0.0558. The first-order chi connectivity index (χ1) is 15.1. The molecule has 1 amide bonds. The lowest BCUT2D eigenvalue weighted by atomic mass is 10.1. The second kappa shape index (κ2) is 9.98. The quantitative estimate of drug-likeness (QED) is 0.529. The molecule has 1 aliphatic rings. The fourth-order valence-electron chi connectivity index (χ4n) is 3.54. The van der Waals surface area contributed by atoms with Crippen LogP contribution >= 0.6 is 11.8 Å². The Bertz CT molecular complexity index is 1010. The molecular weight excluding hydrogens is 410 g/mol. The Balaban J connectivity index is 1.38. The molecule has 0 bridgehead atoms. The average Bonchev–Trinajstić information content (AvgIpc) is 3.27. The summed E-state index contributed by atoms with van der Waals surface area (Å²) in [5.74, 6) is 0.362. The third-order valence-corrected chi connectivity index (χ3v) is 6.26. The maximum Gasteiger partial charge on any atom is 0.233 e. The molecule has 0 spiro atoms. The maximum atomic E-state index is 12.8. The van der Waals surface area contributed by atoms with Gasteiger partial charge in [-0.25, -0.2) is 0 Å². The van der Waals surface area contributed by atoms with E-state index >= 15 is 0 Å². The number of ether oxygens (including phenoxy) is 1. The molecular formula is C23H27N5O2S. The van der Waals surface area contributed by atoms with Gasteiger partial charge in [0.05, 0.1) is 19.0 Å². The summed E-state index contributed by atoms with van der Waals surface area (Å²) < 4.78 is 7.38. The van der Waals surface area contributed by atoms with E-state index in [1.807, 2.05) is 35.9 Å². The number of carbonyl (C=O) groups excluding carboxylic acids is 1. The Morgan fingerprint density at radius 2 is 1.87 bits per heavy atom. The lowest BCUT2D eigenvalue weighted by molar-refractivity contribution is -0.127. The normalized spacial score (nSPS) is 13.9. The number of carbonyl (C=O) groups is 1. The number of rotatable bonds is 7. The molecule has 7 nitrogen and oxygen atoms in total. The van der Waals surface area contributed by atoms with Crippen molar-refractivity contribution in [2.75, 3.05) is 44.0 Å². The van der Waals surface area contributed by atoms with E-state index < -0.39 is 0 Å². The second-order valence-electron chi connectivity index (χ2n) is 7.59. The molecule has 0 N–H and O–H groups in total. The van der Waals surface area contributed by atoms with Gasteiger partial charge in [-0.05, 0) is 30.7 Å². The Kier molecular flexibility index (Phi) is 6.89. The summed E-state index contributed by atoms with van der Waals surface area (Å²) in [6.07, 6.45) is 1.68. The highest BCUT2D eigenvalue weighted by atomic mass is 32.2. The minimum absolute atomic E-state index is 0.0558. The van der Waals surface area contributed by atoms with Crippen LogP contribution in [0.1, 0.15) is 11.1 Å². The predicted molar refractivity (Wildman–Crippen MR) is 123 cm³/mol. The van der Waals surface area contributed by atoms with Gasteiger partial charge >= 0.3 is 0 Å². The third-order valence-electron chi connectivity index (χ3n) is 5.33. The summed E-state index contributed by atoms with van der Waals surface area (Å²) in [4.78, 5) is 16.9. The van der Waals surface area contributed by atoms with E-state index in [1.165, 1.54) is 23.0 Å². The first-order valence-corrected chi connectivity index (χ1v) is 11.3. The summed E-state index contributed by atoms with van der Waals surface area (Å²) in [5, 5.41) is 8.93. The number of amides is 1. The van der Waals surface area contributed by atoms with Crippen LogP contribution in [0.4, 0.5) is 5.69 Å². The van der Waals surface area contributed by atoms with Crippen LogP contribution in [0.3, 0.4) is 0 Å².